The third kappa shape index (κ3) is 3.98. The molecule has 2 aliphatic heterocycles. The van der Waals surface area contributed by atoms with Gasteiger partial charge >= 0.3 is 0 Å². The zero-order valence-corrected chi connectivity index (χ0v) is 18.2. The molecule has 2 aliphatic rings. The van der Waals surface area contributed by atoms with E-state index in [1.165, 1.54) is 33.8 Å². The molecule has 0 unspecified atom stereocenters. The Morgan fingerprint density at radius 2 is 1.65 bits per heavy atom. The van der Waals surface area contributed by atoms with E-state index in [9.17, 15) is 12.8 Å². The molecule has 3 aromatic rings. The SMILES string of the molecule is O=S(=O)(c1ccc2c(c1)OCCO2)N1CCN(c2nc(-c3ccc(F)cc3)cs2)CC1. The molecule has 2 aromatic carbocycles. The van der Waals surface area contributed by atoms with Gasteiger partial charge in [-0.25, -0.2) is 17.8 Å². The number of anilines is 1. The summed E-state index contributed by atoms with van der Waals surface area (Å²) < 4.78 is 51.8. The van der Waals surface area contributed by atoms with Crippen LogP contribution in [-0.2, 0) is 10.0 Å². The lowest BCUT2D eigenvalue weighted by molar-refractivity contribution is 0.171. The van der Waals surface area contributed by atoms with Crippen LogP contribution in [0.1, 0.15) is 0 Å². The second-order valence-electron chi connectivity index (χ2n) is 7.22. The number of halogens is 1. The topological polar surface area (TPSA) is 72.0 Å². The van der Waals surface area contributed by atoms with Gasteiger partial charge in [-0.2, -0.15) is 4.31 Å². The molecule has 0 saturated carbocycles. The van der Waals surface area contributed by atoms with Crippen LogP contribution in [0.4, 0.5) is 9.52 Å². The minimum Gasteiger partial charge on any atom is -0.486 e. The normalized spacial score (nSPS) is 17.0. The van der Waals surface area contributed by atoms with Crippen LogP contribution < -0.4 is 14.4 Å². The van der Waals surface area contributed by atoms with Gasteiger partial charge < -0.3 is 14.4 Å². The lowest BCUT2D eigenvalue weighted by Crippen LogP contribution is -2.48. The predicted molar refractivity (Wildman–Crippen MR) is 116 cm³/mol. The van der Waals surface area contributed by atoms with Gasteiger partial charge in [0.15, 0.2) is 16.6 Å². The number of aromatic nitrogens is 1. The van der Waals surface area contributed by atoms with Gasteiger partial charge in [0.2, 0.25) is 10.0 Å². The van der Waals surface area contributed by atoms with E-state index in [4.69, 9.17) is 9.47 Å². The van der Waals surface area contributed by atoms with Crippen LogP contribution in [0.15, 0.2) is 52.7 Å². The van der Waals surface area contributed by atoms with Crippen molar-refractivity contribution in [3.05, 3.63) is 53.7 Å². The van der Waals surface area contributed by atoms with E-state index in [0.717, 1.165) is 16.4 Å². The fourth-order valence-electron chi connectivity index (χ4n) is 3.62. The quantitative estimate of drug-likeness (QED) is 0.594. The van der Waals surface area contributed by atoms with Gasteiger partial charge in [-0.05, 0) is 36.4 Å². The first-order chi connectivity index (χ1) is 15.0. The molecule has 0 N–H and O–H groups in total. The second-order valence-corrected chi connectivity index (χ2v) is 9.99. The number of benzene rings is 2. The molecule has 1 saturated heterocycles. The van der Waals surface area contributed by atoms with Crippen LogP contribution in [0.25, 0.3) is 11.3 Å². The van der Waals surface area contributed by atoms with Gasteiger partial charge in [-0.15, -0.1) is 11.3 Å². The fraction of sp³-hybridized carbons (Fsp3) is 0.286. The Balaban J connectivity index is 1.27. The summed E-state index contributed by atoms with van der Waals surface area (Å²) in [7, 11) is -3.62. The highest BCUT2D eigenvalue weighted by atomic mass is 32.2. The van der Waals surface area contributed by atoms with Crippen molar-refractivity contribution in [1.29, 1.82) is 0 Å². The average Bonchev–Trinajstić information content (AvgIpc) is 3.29. The van der Waals surface area contributed by atoms with Crippen molar-refractivity contribution in [2.24, 2.45) is 0 Å². The molecule has 0 spiro atoms. The zero-order valence-electron chi connectivity index (χ0n) is 16.5. The molecule has 162 valence electrons. The molecule has 0 aliphatic carbocycles. The lowest BCUT2D eigenvalue weighted by Gasteiger charge is -2.34. The third-order valence-electron chi connectivity index (χ3n) is 5.29. The molecule has 31 heavy (non-hydrogen) atoms. The average molecular weight is 462 g/mol. The first-order valence-corrected chi connectivity index (χ1v) is 12.2. The maximum absolute atomic E-state index is 13.1. The van der Waals surface area contributed by atoms with Crippen LogP contribution in [0.5, 0.6) is 11.5 Å². The Morgan fingerprint density at radius 3 is 2.39 bits per heavy atom. The highest BCUT2D eigenvalue weighted by Gasteiger charge is 2.30. The maximum Gasteiger partial charge on any atom is 0.243 e. The summed E-state index contributed by atoms with van der Waals surface area (Å²) in [6.45, 7) is 2.67. The standard InChI is InChI=1S/C21H20FN3O4S2/c22-16-3-1-15(2-4-16)18-14-30-21(23-18)24-7-9-25(10-8-24)31(26,27)17-5-6-19-20(13-17)29-12-11-28-19/h1-6,13-14H,7-12H2. The number of fused-ring (bicyclic) bond motifs is 1. The minimum absolute atomic E-state index is 0.207. The molecule has 0 bridgehead atoms. The minimum atomic E-state index is -3.62. The molecular weight excluding hydrogens is 441 g/mol. The first kappa shape index (κ1) is 20.2. The number of thiazole rings is 1. The predicted octanol–water partition coefficient (Wildman–Crippen LogP) is 3.23. The number of ether oxygens (including phenoxy) is 2. The van der Waals surface area contributed by atoms with Crippen molar-refractivity contribution >= 4 is 26.5 Å². The lowest BCUT2D eigenvalue weighted by atomic mass is 10.2. The smallest absolute Gasteiger partial charge is 0.243 e. The largest absolute Gasteiger partial charge is 0.486 e. The van der Waals surface area contributed by atoms with Gasteiger partial charge in [0.05, 0.1) is 10.6 Å². The summed E-state index contributed by atoms with van der Waals surface area (Å²) in [5.74, 6) is 0.743. The van der Waals surface area contributed by atoms with Crippen molar-refractivity contribution in [2.45, 2.75) is 4.90 Å². The fourth-order valence-corrected chi connectivity index (χ4v) is 5.94. The van der Waals surface area contributed by atoms with Crippen LogP contribution >= 0.6 is 11.3 Å². The van der Waals surface area contributed by atoms with Gasteiger partial charge in [0.25, 0.3) is 0 Å². The molecule has 3 heterocycles. The monoisotopic (exact) mass is 461 g/mol. The number of rotatable bonds is 4. The Morgan fingerprint density at radius 1 is 0.935 bits per heavy atom. The van der Waals surface area contributed by atoms with Crippen LogP contribution in [0, 0.1) is 5.82 Å². The number of nitrogens with zero attached hydrogens (tertiary/aromatic N) is 3. The Hall–Kier alpha value is -2.69. The molecular formula is C21H20FN3O4S2. The van der Waals surface area contributed by atoms with E-state index in [2.05, 4.69) is 9.88 Å². The van der Waals surface area contributed by atoms with Crippen LogP contribution in [0.3, 0.4) is 0 Å². The summed E-state index contributed by atoms with van der Waals surface area (Å²) in [5.41, 5.74) is 1.63. The van der Waals surface area contributed by atoms with Crippen LogP contribution in [-0.4, -0.2) is 57.1 Å². The number of hydrogen-bond acceptors (Lipinski definition) is 7. The van der Waals surface area contributed by atoms with Crippen molar-refractivity contribution in [3.63, 3.8) is 0 Å². The van der Waals surface area contributed by atoms with Crippen molar-refractivity contribution in [3.8, 4) is 22.8 Å². The van der Waals surface area contributed by atoms with E-state index in [-0.39, 0.29) is 10.7 Å². The molecule has 0 radical (unpaired) electrons. The summed E-state index contributed by atoms with van der Waals surface area (Å²) >= 11 is 1.50. The zero-order chi connectivity index (χ0) is 21.4. The third-order valence-corrected chi connectivity index (χ3v) is 8.09. The van der Waals surface area contributed by atoms with E-state index in [1.54, 1.807) is 24.3 Å². The summed E-state index contributed by atoms with van der Waals surface area (Å²) in [4.78, 5) is 6.93. The Kier molecular flexibility index (Phi) is 5.28. The summed E-state index contributed by atoms with van der Waals surface area (Å²) in [5, 5.41) is 2.76. The molecule has 0 amide bonds. The van der Waals surface area contributed by atoms with Crippen LogP contribution in [0.2, 0.25) is 0 Å². The Bertz CT molecular complexity index is 1190. The second kappa shape index (κ2) is 8.10. The molecule has 0 atom stereocenters. The first-order valence-electron chi connectivity index (χ1n) is 9.87. The molecule has 7 nitrogen and oxygen atoms in total. The maximum atomic E-state index is 13.1. The Labute approximate surface area is 183 Å². The number of sulfonamides is 1. The molecule has 10 heteroatoms. The van der Waals surface area contributed by atoms with Gasteiger partial charge in [-0.3, -0.25) is 0 Å². The number of hydrogen-bond donors (Lipinski definition) is 0. The van der Waals surface area contributed by atoms with E-state index >= 15 is 0 Å². The summed E-state index contributed by atoms with van der Waals surface area (Å²) in [6.07, 6.45) is 0. The molecule has 1 fully saturated rings. The van der Waals surface area contributed by atoms with Crippen molar-refractivity contribution < 1.29 is 22.3 Å². The number of piperazine rings is 1. The van der Waals surface area contributed by atoms with E-state index < -0.39 is 10.0 Å². The molecule has 1 aromatic heterocycles. The van der Waals surface area contributed by atoms with E-state index in [1.807, 2.05) is 5.38 Å². The van der Waals surface area contributed by atoms with Gasteiger partial charge in [-0.1, -0.05) is 0 Å². The molecule has 5 rings (SSSR count). The van der Waals surface area contributed by atoms with Crippen molar-refractivity contribution in [2.75, 3.05) is 44.3 Å². The highest BCUT2D eigenvalue weighted by Crippen LogP contribution is 2.34. The van der Waals surface area contributed by atoms with E-state index in [0.29, 0.717) is 50.9 Å². The summed E-state index contributed by atoms with van der Waals surface area (Å²) in [6, 6.07) is 11.0. The van der Waals surface area contributed by atoms with Gasteiger partial charge in [0.1, 0.15) is 19.0 Å². The highest BCUT2D eigenvalue weighted by molar-refractivity contribution is 7.89. The van der Waals surface area contributed by atoms with Crippen molar-refractivity contribution in [1.82, 2.24) is 9.29 Å². The van der Waals surface area contributed by atoms with Gasteiger partial charge in [0, 0.05) is 43.2 Å².